The molecule has 3 nitrogen and oxygen atoms in total. The highest BCUT2D eigenvalue weighted by atomic mass is 35.5. The molecule has 0 aliphatic carbocycles. The summed E-state index contributed by atoms with van der Waals surface area (Å²) in [4.78, 5) is 11.9. The van der Waals surface area contributed by atoms with Gasteiger partial charge in [-0.3, -0.25) is 4.79 Å². The van der Waals surface area contributed by atoms with Crippen molar-refractivity contribution in [1.82, 2.24) is 5.32 Å². The Kier molecular flexibility index (Phi) is 5.75. The standard InChI is InChI=1S/C12H15ClN2O.ClH/c13-9-4-3-5-10(8-9)15-12(16)11-6-1-2-7-14-11;/h3-5,8,11,14H,1-2,6-7H2,(H,15,16);1H/t11-;/m1./s1. The second-order valence-electron chi connectivity index (χ2n) is 4.00. The molecule has 0 unspecified atom stereocenters. The summed E-state index contributed by atoms with van der Waals surface area (Å²) in [7, 11) is 0. The Morgan fingerprint density at radius 1 is 1.41 bits per heavy atom. The molecule has 1 fully saturated rings. The third-order valence-electron chi connectivity index (χ3n) is 2.72. The van der Waals surface area contributed by atoms with Gasteiger partial charge in [0.25, 0.3) is 0 Å². The van der Waals surface area contributed by atoms with Crippen LogP contribution in [0.4, 0.5) is 5.69 Å². The number of hydrogen-bond acceptors (Lipinski definition) is 2. The minimum Gasteiger partial charge on any atom is -0.325 e. The van der Waals surface area contributed by atoms with Crippen molar-refractivity contribution < 1.29 is 4.79 Å². The fourth-order valence-corrected chi connectivity index (χ4v) is 2.06. The number of amides is 1. The highest BCUT2D eigenvalue weighted by Crippen LogP contribution is 2.16. The molecule has 5 heteroatoms. The first-order valence-corrected chi connectivity index (χ1v) is 5.93. The van der Waals surface area contributed by atoms with Gasteiger partial charge in [-0.25, -0.2) is 0 Å². The van der Waals surface area contributed by atoms with Crippen LogP contribution in [0.3, 0.4) is 0 Å². The molecule has 1 saturated heterocycles. The monoisotopic (exact) mass is 274 g/mol. The van der Waals surface area contributed by atoms with Gasteiger partial charge in [0.05, 0.1) is 6.04 Å². The Bertz CT molecular complexity index is 379. The Morgan fingerprint density at radius 3 is 2.88 bits per heavy atom. The molecule has 0 aromatic heterocycles. The minimum absolute atomic E-state index is 0. The van der Waals surface area contributed by atoms with Crippen LogP contribution in [-0.2, 0) is 4.79 Å². The van der Waals surface area contributed by atoms with E-state index in [1.165, 1.54) is 0 Å². The molecule has 0 spiro atoms. The lowest BCUT2D eigenvalue weighted by Gasteiger charge is -2.22. The summed E-state index contributed by atoms with van der Waals surface area (Å²) in [6.45, 7) is 0.924. The third-order valence-corrected chi connectivity index (χ3v) is 2.95. The van der Waals surface area contributed by atoms with Crippen LogP contribution in [0.25, 0.3) is 0 Å². The van der Waals surface area contributed by atoms with E-state index in [1.54, 1.807) is 12.1 Å². The van der Waals surface area contributed by atoms with Crippen LogP contribution >= 0.6 is 24.0 Å². The van der Waals surface area contributed by atoms with E-state index >= 15 is 0 Å². The highest BCUT2D eigenvalue weighted by molar-refractivity contribution is 6.30. The van der Waals surface area contributed by atoms with Gasteiger partial charge in [0.1, 0.15) is 0 Å². The van der Waals surface area contributed by atoms with E-state index in [4.69, 9.17) is 11.6 Å². The quantitative estimate of drug-likeness (QED) is 0.871. The molecule has 1 aliphatic heterocycles. The zero-order valence-electron chi connectivity index (χ0n) is 9.41. The first kappa shape index (κ1) is 14.3. The molecule has 1 aromatic carbocycles. The average molecular weight is 275 g/mol. The third kappa shape index (κ3) is 4.19. The predicted octanol–water partition coefficient (Wildman–Crippen LogP) is 2.84. The summed E-state index contributed by atoms with van der Waals surface area (Å²) in [5, 5.41) is 6.71. The number of rotatable bonds is 2. The number of benzene rings is 1. The van der Waals surface area contributed by atoms with Gasteiger partial charge in [-0.05, 0) is 37.6 Å². The van der Waals surface area contributed by atoms with Gasteiger partial charge in [0.2, 0.25) is 5.91 Å². The van der Waals surface area contributed by atoms with Crippen LogP contribution in [0.1, 0.15) is 19.3 Å². The zero-order chi connectivity index (χ0) is 11.4. The van der Waals surface area contributed by atoms with Gasteiger partial charge < -0.3 is 10.6 Å². The lowest BCUT2D eigenvalue weighted by molar-refractivity contribution is -0.118. The summed E-state index contributed by atoms with van der Waals surface area (Å²) in [5.41, 5.74) is 0.755. The number of piperidine rings is 1. The molecular formula is C12H16Cl2N2O. The second-order valence-corrected chi connectivity index (χ2v) is 4.44. The number of anilines is 1. The minimum atomic E-state index is -0.0623. The van der Waals surface area contributed by atoms with Gasteiger partial charge in [0.15, 0.2) is 0 Å². The molecule has 94 valence electrons. The molecule has 0 bridgehead atoms. The number of nitrogens with one attached hydrogen (secondary N) is 2. The molecule has 2 rings (SSSR count). The van der Waals surface area contributed by atoms with E-state index in [1.807, 2.05) is 12.1 Å². The maximum Gasteiger partial charge on any atom is 0.241 e. The van der Waals surface area contributed by atoms with E-state index in [2.05, 4.69) is 10.6 Å². The van der Waals surface area contributed by atoms with E-state index < -0.39 is 0 Å². The molecule has 1 aliphatic rings. The Balaban J connectivity index is 0.00000144. The molecule has 2 N–H and O–H groups in total. The van der Waals surface area contributed by atoms with Gasteiger partial charge in [-0.2, -0.15) is 0 Å². The summed E-state index contributed by atoms with van der Waals surface area (Å²) in [6, 6.07) is 7.14. The summed E-state index contributed by atoms with van der Waals surface area (Å²) < 4.78 is 0. The van der Waals surface area contributed by atoms with Crippen LogP contribution in [0.15, 0.2) is 24.3 Å². The first-order chi connectivity index (χ1) is 7.75. The van der Waals surface area contributed by atoms with Crippen LogP contribution in [0, 0.1) is 0 Å². The summed E-state index contributed by atoms with van der Waals surface area (Å²) in [6.07, 6.45) is 3.17. The number of hydrogen-bond donors (Lipinski definition) is 2. The van der Waals surface area contributed by atoms with E-state index in [-0.39, 0.29) is 24.4 Å². The molecule has 0 saturated carbocycles. The molecule has 1 amide bonds. The van der Waals surface area contributed by atoms with Gasteiger partial charge in [-0.15, -0.1) is 12.4 Å². The van der Waals surface area contributed by atoms with Crippen molar-refractivity contribution >= 4 is 35.6 Å². The first-order valence-electron chi connectivity index (χ1n) is 5.55. The van der Waals surface area contributed by atoms with Crippen molar-refractivity contribution in [3.63, 3.8) is 0 Å². The molecule has 1 atom stereocenters. The van der Waals surface area contributed by atoms with Crippen molar-refractivity contribution in [3.8, 4) is 0 Å². The predicted molar refractivity (Wildman–Crippen MR) is 73.0 cm³/mol. The topological polar surface area (TPSA) is 41.1 Å². The van der Waals surface area contributed by atoms with Crippen LogP contribution in [0.2, 0.25) is 5.02 Å². The fourth-order valence-electron chi connectivity index (χ4n) is 1.87. The van der Waals surface area contributed by atoms with E-state index in [0.717, 1.165) is 31.5 Å². The molecule has 0 radical (unpaired) electrons. The smallest absolute Gasteiger partial charge is 0.241 e. The molecule has 17 heavy (non-hydrogen) atoms. The average Bonchev–Trinajstić information content (AvgIpc) is 2.30. The van der Waals surface area contributed by atoms with Crippen LogP contribution < -0.4 is 10.6 Å². The number of carbonyl (C=O) groups is 1. The van der Waals surface area contributed by atoms with Crippen LogP contribution in [0.5, 0.6) is 0 Å². The lowest BCUT2D eigenvalue weighted by atomic mass is 10.0. The van der Waals surface area contributed by atoms with E-state index in [0.29, 0.717) is 5.02 Å². The number of halogens is 2. The SMILES string of the molecule is Cl.O=C(Nc1cccc(Cl)c1)[C@H]1CCCCN1. The fraction of sp³-hybridized carbons (Fsp3) is 0.417. The Morgan fingerprint density at radius 2 is 2.24 bits per heavy atom. The molecule has 1 heterocycles. The van der Waals surface area contributed by atoms with Gasteiger partial charge in [0, 0.05) is 10.7 Å². The number of carbonyl (C=O) groups excluding carboxylic acids is 1. The Labute approximate surface area is 112 Å². The Hall–Kier alpha value is -0.770. The van der Waals surface area contributed by atoms with Crippen molar-refractivity contribution in [3.05, 3.63) is 29.3 Å². The van der Waals surface area contributed by atoms with Crippen LogP contribution in [-0.4, -0.2) is 18.5 Å². The van der Waals surface area contributed by atoms with E-state index in [9.17, 15) is 4.79 Å². The van der Waals surface area contributed by atoms with Gasteiger partial charge >= 0.3 is 0 Å². The lowest BCUT2D eigenvalue weighted by Crippen LogP contribution is -2.43. The maximum absolute atomic E-state index is 11.9. The van der Waals surface area contributed by atoms with Crippen molar-refractivity contribution in [1.29, 1.82) is 0 Å². The van der Waals surface area contributed by atoms with Gasteiger partial charge in [-0.1, -0.05) is 24.1 Å². The maximum atomic E-state index is 11.9. The largest absolute Gasteiger partial charge is 0.325 e. The second kappa shape index (κ2) is 6.84. The van der Waals surface area contributed by atoms with Crippen molar-refractivity contribution in [2.24, 2.45) is 0 Å². The highest BCUT2D eigenvalue weighted by Gasteiger charge is 2.20. The van der Waals surface area contributed by atoms with Crippen molar-refractivity contribution in [2.45, 2.75) is 25.3 Å². The molecular weight excluding hydrogens is 259 g/mol. The van der Waals surface area contributed by atoms with Crippen molar-refractivity contribution in [2.75, 3.05) is 11.9 Å². The zero-order valence-corrected chi connectivity index (χ0v) is 11.0. The summed E-state index contributed by atoms with van der Waals surface area (Å²) >= 11 is 5.85. The molecule has 1 aromatic rings. The normalized spacial score (nSPS) is 19.2. The summed E-state index contributed by atoms with van der Waals surface area (Å²) in [5.74, 6) is 0.0296.